The Morgan fingerprint density at radius 3 is 1.02 bits per heavy atom. The molecule has 0 bridgehead atoms. The highest BCUT2D eigenvalue weighted by atomic mass is 16.6. The van der Waals surface area contributed by atoms with Gasteiger partial charge in [-0.15, -0.1) is 0 Å². The minimum absolute atomic E-state index is 0.0752. The first-order valence-corrected chi connectivity index (χ1v) is 25.6. The molecule has 6 heteroatoms. The van der Waals surface area contributed by atoms with Gasteiger partial charge in [-0.1, -0.05) is 230 Å². The summed E-state index contributed by atoms with van der Waals surface area (Å²) >= 11 is 0. The lowest BCUT2D eigenvalue weighted by Gasteiger charge is -2.18. The molecule has 1 atom stereocenters. The van der Waals surface area contributed by atoms with Gasteiger partial charge in [0, 0.05) is 19.3 Å². The molecule has 0 saturated carbocycles. The van der Waals surface area contributed by atoms with Crippen molar-refractivity contribution in [2.75, 3.05) is 13.2 Å². The molecule has 0 radical (unpaired) electrons. The Kier molecular flexibility index (Phi) is 46.9. The quantitative estimate of drug-likeness (QED) is 0.0263. The molecule has 0 aliphatic heterocycles. The SMILES string of the molecule is CC/C=C\C/C=C\C/C=C\C/C=C\CCCCCCCCC(=O)OCC(COC(=O)CCCCCCCCC)OC(=O)CCCCCCCCCCCCCCCCCC. The molecule has 0 fully saturated rings. The first-order valence-electron chi connectivity index (χ1n) is 25.6. The normalized spacial score (nSPS) is 12.4. The second-order valence-electron chi connectivity index (χ2n) is 17.1. The van der Waals surface area contributed by atoms with E-state index in [1.54, 1.807) is 0 Å². The Balaban J connectivity index is 4.26. The Labute approximate surface area is 371 Å². The molecule has 0 aromatic heterocycles. The molecule has 0 spiro atoms. The fourth-order valence-electron chi connectivity index (χ4n) is 7.26. The van der Waals surface area contributed by atoms with E-state index in [0.717, 1.165) is 89.9 Å². The number of carbonyl (C=O) groups is 3. The zero-order chi connectivity index (χ0) is 43.7. The van der Waals surface area contributed by atoms with Gasteiger partial charge in [-0.05, 0) is 57.8 Å². The van der Waals surface area contributed by atoms with Crippen molar-refractivity contribution in [2.24, 2.45) is 0 Å². The van der Waals surface area contributed by atoms with Crippen LogP contribution in [0.4, 0.5) is 0 Å². The Hall–Kier alpha value is -2.63. The third-order valence-electron chi connectivity index (χ3n) is 11.1. The summed E-state index contributed by atoms with van der Waals surface area (Å²) in [5, 5.41) is 0. The van der Waals surface area contributed by atoms with Gasteiger partial charge in [-0.3, -0.25) is 14.4 Å². The summed E-state index contributed by atoms with van der Waals surface area (Å²) in [4.78, 5) is 37.8. The van der Waals surface area contributed by atoms with Crippen molar-refractivity contribution >= 4 is 17.9 Å². The maximum atomic E-state index is 12.8. The monoisotopic (exact) mass is 841 g/mol. The number of rotatable bonds is 46. The summed E-state index contributed by atoms with van der Waals surface area (Å²) in [5.41, 5.74) is 0. The van der Waals surface area contributed by atoms with E-state index >= 15 is 0 Å². The lowest BCUT2D eigenvalue weighted by Crippen LogP contribution is -2.30. The van der Waals surface area contributed by atoms with Gasteiger partial charge in [0.15, 0.2) is 6.10 Å². The highest BCUT2D eigenvalue weighted by Gasteiger charge is 2.19. The van der Waals surface area contributed by atoms with Crippen LogP contribution in [0.15, 0.2) is 48.6 Å². The van der Waals surface area contributed by atoms with Crippen LogP contribution in [0.5, 0.6) is 0 Å². The zero-order valence-corrected chi connectivity index (χ0v) is 39.7. The molecule has 6 nitrogen and oxygen atoms in total. The summed E-state index contributed by atoms with van der Waals surface area (Å²) in [6.07, 6.45) is 58.2. The van der Waals surface area contributed by atoms with Crippen LogP contribution >= 0.6 is 0 Å². The largest absolute Gasteiger partial charge is 0.462 e. The van der Waals surface area contributed by atoms with Gasteiger partial charge in [-0.2, -0.15) is 0 Å². The van der Waals surface area contributed by atoms with Crippen molar-refractivity contribution in [3.8, 4) is 0 Å². The Morgan fingerprint density at radius 2 is 0.650 bits per heavy atom. The molecule has 0 aliphatic carbocycles. The standard InChI is InChI=1S/C54H96O6/c1-4-7-10-13-16-18-20-22-24-26-27-28-30-31-33-35-38-41-44-47-53(56)59-50-51(49-58-52(55)46-43-40-37-15-12-9-6-3)60-54(57)48-45-42-39-36-34-32-29-25-23-21-19-17-14-11-8-5-2/h7,10,16,18,22,24,27-28,51H,4-6,8-9,11-15,17,19-21,23,25-26,29-50H2,1-3H3/b10-7-,18-16-,24-22-,28-27-. The molecule has 348 valence electrons. The predicted molar refractivity (Wildman–Crippen MR) is 256 cm³/mol. The van der Waals surface area contributed by atoms with Crippen LogP contribution < -0.4 is 0 Å². The molecule has 0 heterocycles. The highest BCUT2D eigenvalue weighted by molar-refractivity contribution is 5.71. The summed E-state index contributed by atoms with van der Waals surface area (Å²) in [6.45, 7) is 6.49. The molecule has 1 unspecified atom stereocenters. The van der Waals surface area contributed by atoms with Gasteiger partial charge in [0.25, 0.3) is 0 Å². The average Bonchev–Trinajstić information content (AvgIpc) is 3.24. The van der Waals surface area contributed by atoms with Crippen molar-refractivity contribution in [3.63, 3.8) is 0 Å². The van der Waals surface area contributed by atoms with Crippen molar-refractivity contribution in [1.82, 2.24) is 0 Å². The van der Waals surface area contributed by atoms with Crippen LogP contribution in [0.25, 0.3) is 0 Å². The van der Waals surface area contributed by atoms with Crippen LogP contribution in [0.2, 0.25) is 0 Å². The van der Waals surface area contributed by atoms with E-state index in [1.165, 1.54) is 128 Å². The van der Waals surface area contributed by atoms with Gasteiger partial charge in [-0.25, -0.2) is 0 Å². The minimum Gasteiger partial charge on any atom is -0.462 e. The molecule has 0 amide bonds. The second kappa shape index (κ2) is 49.0. The molecular weight excluding hydrogens is 745 g/mol. The van der Waals surface area contributed by atoms with E-state index in [4.69, 9.17) is 14.2 Å². The number of hydrogen-bond acceptors (Lipinski definition) is 6. The van der Waals surface area contributed by atoms with Crippen LogP contribution in [0.1, 0.15) is 258 Å². The van der Waals surface area contributed by atoms with Crippen molar-refractivity contribution in [2.45, 2.75) is 264 Å². The van der Waals surface area contributed by atoms with Crippen LogP contribution in [-0.4, -0.2) is 37.2 Å². The van der Waals surface area contributed by atoms with Gasteiger partial charge >= 0.3 is 17.9 Å². The van der Waals surface area contributed by atoms with Crippen molar-refractivity contribution < 1.29 is 28.6 Å². The molecule has 0 rings (SSSR count). The van der Waals surface area contributed by atoms with Gasteiger partial charge in [0.2, 0.25) is 0 Å². The maximum Gasteiger partial charge on any atom is 0.306 e. The van der Waals surface area contributed by atoms with E-state index in [2.05, 4.69) is 69.4 Å². The molecule has 0 N–H and O–H groups in total. The zero-order valence-electron chi connectivity index (χ0n) is 39.7. The number of allylic oxidation sites excluding steroid dienone is 8. The first kappa shape index (κ1) is 57.4. The fourth-order valence-corrected chi connectivity index (χ4v) is 7.26. The van der Waals surface area contributed by atoms with E-state index in [1.807, 2.05) is 0 Å². The number of unbranched alkanes of at least 4 members (excludes halogenated alkanes) is 27. The lowest BCUT2D eigenvalue weighted by molar-refractivity contribution is -0.167. The smallest absolute Gasteiger partial charge is 0.306 e. The molecule has 0 saturated heterocycles. The topological polar surface area (TPSA) is 78.9 Å². The molecule has 60 heavy (non-hydrogen) atoms. The molecule has 0 aromatic carbocycles. The number of esters is 3. The van der Waals surface area contributed by atoms with Crippen LogP contribution in [0.3, 0.4) is 0 Å². The average molecular weight is 841 g/mol. The number of hydrogen-bond donors (Lipinski definition) is 0. The van der Waals surface area contributed by atoms with Crippen LogP contribution in [0, 0.1) is 0 Å². The summed E-state index contributed by atoms with van der Waals surface area (Å²) in [6, 6.07) is 0. The predicted octanol–water partition coefficient (Wildman–Crippen LogP) is 16.7. The van der Waals surface area contributed by atoms with Crippen LogP contribution in [-0.2, 0) is 28.6 Å². The summed E-state index contributed by atoms with van der Waals surface area (Å²) in [7, 11) is 0. The van der Waals surface area contributed by atoms with Gasteiger partial charge < -0.3 is 14.2 Å². The van der Waals surface area contributed by atoms with E-state index in [9.17, 15) is 14.4 Å². The Bertz CT molecular complexity index is 1060. The number of ether oxygens (including phenoxy) is 3. The summed E-state index contributed by atoms with van der Waals surface area (Å²) < 4.78 is 16.7. The first-order chi connectivity index (χ1) is 29.5. The molecule has 0 aliphatic rings. The Morgan fingerprint density at radius 1 is 0.350 bits per heavy atom. The van der Waals surface area contributed by atoms with Gasteiger partial charge in [0.1, 0.15) is 13.2 Å². The third-order valence-corrected chi connectivity index (χ3v) is 11.1. The molecular formula is C54H96O6. The van der Waals surface area contributed by atoms with E-state index < -0.39 is 6.10 Å². The fraction of sp³-hybridized carbons (Fsp3) is 0.796. The lowest BCUT2D eigenvalue weighted by atomic mass is 10.0. The minimum atomic E-state index is -0.773. The highest BCUT2D eigenvalue weighted by Crippen LogP contribution is 2.16. The molecule has 0 aromatic rings. The van der Waals surface area contributed by atoms with E-state index in [-0.39, 0.29) is 31.1 Å². The number of carbonyl (C=O) groups excluding carboxylic acids is 3. The second-order valence-corrected chi connectivity index (χ2v) is 17.1. The van der Waals surface area contributed by atoms with Crippen molar-refractivity contribution in [1.29, 1.82) is 0 Å². The third kappa shape index (κ3) is 46.4. The van der Waals surface area contributed by atoms with Crippen molar-refractivity contribution in [3.05, 3.63) is 48.6 Å². The summed E-state index contributed by atoms with van der Waals surface area (Å²) in [5.74, 6) is -0.888. The van der Waals surface area contributed by atoms with E-state index in [0.29, 0.717) is 19.3 Å². The van der Waals surface area contributed by atoms with Gasteiger partial charge in [0.05, 0.1) is 0 Å². The maximum absolute atomic E-state index is 12.8.